The van der Waals surface area contributed by atoms with Crippen molar-refractivity contribution in [2.45, 2.75) is 45.3 Å². The largest absolute Gasteiger partial charge is 0.541 e. The number of hydrogen-bond acceptors (Lipinski definition) is 4. The number of aldehydes is 1. The van der Waals surface area contributed by atoms with E-state index in [1.54, 1.807) is 14.2 Å². The fraction of sp³-hybridized carbons (Fsp3) is 0.562. The van der Waals surface area contributed by atoms with Gasteiger partial charge in [0.25, 0.3) is 8.32 Å². The Morgan fingerprint density at radius 1 is 1.10 bits per heavy atom. The van der Waals surface area contributed by atoms with Gasteiger partial charge in [-0.25, -0.2) is 0 Å². The SMILES string of the molecule is COc1cc(CC=O)cc(O[Si](C)(C)C(C)(C)C)c1OC. The Bertz CT molecular complexity index is 504. The molecule has 0 N–H and O–H groups in total. The third-order valence-corrected chi connectivity index (χ3v) is 8.34. The van der Waals surface area contributed by atoms with Crippen LogP contribution in [0.5, 0.6) is 17.2 Å². The number of hydrogen-bond donors (Lipinski definition) is 0. The van der Waals surface area contributed by atoms with E-state index in [9.17, 15) is 4.79 Å². The van der Waals surface area contributed by atoms with E-state index in [1.165, 1.54) is 0 Å². The lowest BCUT2D eigenvalue weighted by Crippen LogP contribution is -2.44. The molecule has 5 heteroatoms. The molecule has 1 rings (SSSR count). The Kier molecular flexibility index (Phi) is 5.45. The highest BCUT2D eigenvalue weighted by Gasteiger charge is 2.39. The Balaban J connectivity index is 3.32. The molecule has 0 aliphatic carbocycles. The van der Waals surface area contributed by atoms with Crippen molar-refractivity contribution in [1.82, 2.24) is 0 Å². The first-order valence-electron chi connectivity index (χ1n) is 7.04. The van der Waals surface area contributed by atoms with Crippen LogP contribution in [-0.4, -0.2) is 28.8 Å². The molecule has 0 aliphatic heterocycles. The lowest BCUT2D eigenvalue weighted by Gasteiger charge is -2.37. The van der Waals surface area contributed by atoms with E-state index in [0.717, 1.165) is 11.8 Å². The molecule has 0 spiro atoms. The van der Waals surface area contributed by atoms with Crippen LogP contribution in [-0.2, 0) is 11.2 Å². The van der Waals surface area contributed by atoms with Gasteiger partial charge < -0.3 is 18.7 Å². The number of rotatable bonds is 6. The van der Waals surface area contributed by atoms with E-state index in [0.29, 0.717) is 23.7 Å². The molecule has 0 aromatic heterocycles. The van der Waals surface area contributed by atoms with Gasteiger partial charge in [-0.2, -0.15) is 0 Å². The van der Waals surface area contributed by atoms with Crippen LogP contribution < -0.4 is 13.9 Å². The van der Waals surface area contributed by atoms with Gasteiger partial charge in [-0.05, 0) is 35.8 Å². The predicted octanol–water partition coefficient (Wildman–Crippen LogP) is 3.83. The summed E-state index contributed by atoms with van der Waals surface area (Å²) in [6, 6.07) is 3.68. The van der Waals surface area contributed by atoms with Crippen molar-refractivity contribution in [2.75, 3.05) is 14.2 Å². The molecule has 0 bridgehead atoms. The van der Waals surface area contributed by atoms with Crippen LogP contribution in [0.15, 0.2) is 12.1 Å². The lowest BCUT2D eigenvalue weighted by molar-refractivity contribution is -0.107. The molecule has 0 saturated carbocycles. The van der Waals surface area contributed by atoms with Crippen molar-refractivity contribution in [3.05, 3.63) is 17.7 Å². The number of methoxy groups -OCH3 is 2. The van der Waals surface area contributed by atoms with E-state index < -0.39 is 8.32 Å². The molecule has 0 radical (unpaired) electrons. The van der Waals surface area contributed by atoms with E-state index in [2.05, 4.69) is 33.9 Å². The van der Waals surface area contributed by atoms with Gasteiger partial charge >= 0.3 is 0 Å². The average molecular weight is 310 g/mol. The molecular formula is C16H26O4Si. The highest BCUT2D eigenvalue weighted by atomic mass is 28.4. The second kappa shape index (κ2) is 6.51. The molecule has 21 heavy (non-hydrogen) atoms. The van der Waals surface area contributed by atoms with Crippen molar-refractivity contribution in [3.63, 3.8) is 0 Å². The predicted molar refractivity (Wildman–Crippen MR) is 87.1 cm³/mol. The Morgan fingerprint density at radius 2 is 1.67 bits per heavy atom. The van der Waals surface area contributed by atoms with E-state index in [-0.39, 0.29) is 5.04 Å². The molecule has 0 atom stereocenters. The summed E-state index contributed by atoms with van der Waals surface area (Å²) in [5.41, 5.74) is 0.858. The maximum absolute atomic E-state index is 10.8. The van der Waals surface area contributed by atoms with Gasteiger partial charge in [-0.1, -0.05) is 20.8 Å². The zero-order valence-corrected chi connectivity index (χ0v) is 15.1. The summed E-state index contributed by atoms with van der Waals surface area (Å²) in [4.78, 5) is 10.8. The first-order chi connectivity index (χ1) is 9.66. The number of benzene rings is 1. The minimum absolute atomic E-state index is 0.0753. The summed E-state index contributed by atoms with van der Waals surface area (Å²) in [6.45, 7) is 10.9. The molecular weight excluding hydrogens is 284 g/mol. The van der Waals surface area contributed by atoms with E-state index in [4.69, 9.17) is 13.9 Å². The van der Waals surface area contributed by atoms with Crippen LogP contribution in [0.1, 0.15) is 26.3 Å². The van der Waals surface area contributed by atoms with Gasteiger partial charge in [0.05, 0.1) is 14.2 Å². The minimum atomic E-state index is -2.00. The molecule has 4 nitrogen and oxygen atoms in total. The fourth-order valence-corrected chi connectivity index (χ4v) is 2.71. The zero-order chi connectivity index (χ0) is 16.3. The molecule has 1 aromatic carbocycles. The Morgan fingerprint density at radius 3 is 2.10 bits per heavy atom. The number of carbonyl (C=O) groups excluding carboxylic acids is 1. The molecule has 0 aliphatic rings. The van der Waals surface area contributed by atoms with Crippen LogP contribution in [0.2, 0.25) is 18.1 Å². The zero-order valence-electron chi connectivity index (χ0n) is 14.1. The number of ether oxygens (including phenoxy) is 2. The van der Waals surface area contributed by atoms with Crippen LogP contribution in [0.25, 0.3) is 0 Å². The average Bonchev–Trinajstić information content (AvgIpc) is 2.36. The van der Waals surface area contributed by atoms with Crippen molar-refractivity contribution < 1.29 is 18.7 Å². The van der Waals surface area contributed by atoms with Crippen molar-refractivity contribution in [2.24, 2.45) is 0 Å². The van der Waals surface area contributed by atoms with E-state index in [1.807, 2.05) is 12.1 Å². The van der Waals surface area contributed by atoms with Gasteiger partial charge in [-0.3, -0.25) is 0 Å². The summed E-state index contributed by atoms with van der Waals surface area (Å²) < 4.78 is 17.1. The molecule has 0 amide bonds. The summed E-state index contributed by atoms with van der Waals surface area (Å²) >= 11 is 0. The van der Waals surface area contributed by atoms with Gasteiger partial charge in [-0.15, -0.1) is 0 Å². The minimum Gasteiger partial charge on any atom is -0.541 e. The first kappa shape index (κ1) is 17.6. The first-order valence-corrected chi connectivity index (χ1v) is 9.94. The summed E-state index contributed by atoms with van der Waals surface area (Å²) in [6.07, 6.45) is 1.20. The monoisotopic (exact) mass is 310 g/mol. The molecule has 0 heterocycles. The molecule has 1 aromatic rings. The highest BCUT2D eigenvalue weighted by molar-refractivity contribution is 6.74. The third-order valence-electron chi connectivity index (χ3n) is 3.99. The quantitative estimate of drug-likeness (QED) is 0.592. The fourth-order valence-electron chi connectivity index (χ4n) is 1.70. The Labute approximate surface area is 128 Å². The normalized spacial score (nSPS) is 12.0. The molecule has 118 valence electrons. The second-order valence-electron chi connectivity index (χ2n) is 6.56. The lowest BCUT2D eigenvalue weighted by atomic mass is 10.1. The molecule has 0 saturated heterocycles. The third kappa shape index (κ3) is 4.00. The van der Waals surface area contributed by atoms with Gasteiger partial charge in [0.15, 0.2) is 11.5 Å². The second-order valence-corrected chi connectivity index (χ2v) is 11.3. The maximum atomic E-state index is 10.8. The summed E-state index contributed by atoms with van der Waals surface area (Å²) in [5.74, 6) is 1.82. The van der Waals surface area contributed by atoms with Gasteiger partial charge in [0.2, 0.25) is 5.75 Å². The van der Waals surface area contributed by atoms with Crippen molar-refractivity contribution in [3.8, 4) is 17.2 Å². The van der Waals surface area contributed by atoms with Crippen molar-refractivity contribution >= 4 is 14.6 Å². The van der Waals surface area contributed by atoms with Crippen LogP contribution in [0.3, 0.4) is 0 Å². The smallest absolute Gasteiger partial charge is 0.250 e. The van der Waals surface area contributed by atoms with Gasteiger partial charge in [0, 0.05) is 6.42 Å². The van der Waals surface area contributed by atoms with Gasteiger partial charge in [0.1, 0.15) is 6.29 Å². The highest BCUT2D eigenvalue weighted by Crippen LogP contribution is 2.44. The van der Waals surface area contributed by atoms with Crippen molar-refractivity contribution in [1.29, 1.82) is 0 Å². The topological polar surface area (TPSA) is 44.8 Å². The molecule has 0 unspecified atom stereocenters. The summed E-state index contributed by atoms with van der Waals surface area (Å²) in [7, 11) is 1.18. The van der Waals surface area contributed by atoms with E-state index >= 15 is 0 Å². The van der Waals surface area contributed by atoms with Crippen LogP contribution >= 0.6 is 0 Å². The van der Waals surface area contributed by atoms with Crippen LogP contribution in [0.4, 0.5) is 0 Å². The number of carbonyl (C=O) groups is 1. The Hall–Kier alpha value is -1.49. The maximum Gasteiger partial charge on any atom is 0.250 e. The van der Waals surface area contributed by atoms with Crippen LogP contribution in [0, 0.1) is 0 Å². The standard InChI is InChI=1S/C16H26O4Si/c1-16(2,3)21(6,7)20-14-11-12(8-9-17)10-13(18-4)15(14)19-5/h9-11H,8H2,1-7H3. The molecule has 0 fully saturated rings. The summed E-state index contributed by atoms with van der Waals surface area (Å²) in [5, 5.41) is 0.0753.